The van der Waals surface area contributed by atoms with E-state index in [9.17, 15) is 22.8 Å². The van der Waals surface area contributed by atoms with Gasteiger partial charge in [-0.2, -0.15) is 13.2 Å². The fraction of sp³-hybridized carbons (Fsp3) is 0.391. The van der Waals surface area contributed by atoms with Gasteiger partial charge in [-0.1, -0.05) is 12.1 Å². The summed E-state index contributed by atoms with van der Waals surface area (Å²) in [6, 6.07) is 10.5. The molecule has 4 rings (SSSR count). The Morgan fingerprint density at radius 2 is 1.76 bits per heavy atom. The summed E-state index contributed by atoms with van der Waals surface area (Å²) in [6.07, 6.45) is -3.27. The summed E-state index contributed by atoms with van der Waals surface area (Å²) < 4.78 is 45.2. The number of anilines is 4. The quantitative estimate of drug-likeness (QED) is 0.685. The minimum Gasteiger partial charge on any atom is -0.378 e. The zero-order chi connectivity index (χ0) is 23.4. The molecule has 2 fully saturated rings. The second kappa shape index (κ2) is 9.70. The van der Waals surface area contributed by atoms with Crippen LogP contribution in [0.25, 0.3) is 0 Å². The van der Waals surface area contributed by atoms with E-state index in [1.807, 2.05) is 11.0 Å². The van der Waals surface area contributed by atoms with Gasteiger partial charge in [0.15, 0.2) is 0 Å². The van der Waals surface area contributed by atoms with Crippen LogP contribution in [-0.4, -0.2) is 51.2 Å². The molecule has 33 heavy (non-hydrogen) atoms. The Bertz CT molecular complexity index is 1020. The molecule has 0 unspecified atom stereocenters. The first kappa shape index (κ1) is 22.9. The van der Waals surface area contributed by atoms with Crippen LogP contribution in [0, 0.1) is 0 Å². The molecule has 2 aromatic carbocycles. The fourth-order valence-electron chi connectivity index (χ4n) is 4.02. The molecule has 2 heterocycles. The number of rotatable bonds is 6. The molecule has 2 saturated heterocycles. The van der Waals surface area contributed by atoms with Gasteiger partial charge in [0.05, 0.1) is 48.1 Å². The van der Waals surface area contributed by atoms with Gasteiger partial charge in [-0.3, -0.25) is 9.59 Å². The molecular weight excluding hydrogens is 437 g/mol. The van der Waals surface area contributed by atoms with E-state index in [0.29, 0.717) is 56.3 Å². The highest BCUT2D eigenvalue weighted by Crippen LogP contribution is 2.36. The molecule has 0 aliphatic carbocycles. The summed E-state index contributed by atoms with van der Waals surface area (Å²) >= 11 is 0. The highest BCUT2D eigenvalue weighted by molar-refractivity contribution is 6.00. The maximum Gasteiger partial charge on any atom is 0.416 e. The third-order valence-corrected chi connectivity index (χ3v) is 5.66. The van der Waals surface area contributed by atoms with Crippen molar-refractivity contribution < 1.29 is 27.5 Å². The van der Waals surface area contributed by atoms with E-state index in [1.165, 1.54) is 6.07 Å². The lowest BCUT2D eigenvalue weighted by Gasteiger charge is -2.31. The van der Waals surface area contributed by atoms with E-state index in [1.54, 1.807) is 23.1 Å². The van der Waals surface area contributed by atoms with Crippen molar-refractivity contribution in [1.29, 1.82) is 0 Å². The Morgan fingerprint density at radius 1 is 1.00 bits per heavy atom. The Morgan fingerprint density at radius 3 is 2.45 bits per heavy atom. The van der Waals surface area contributed by atoms with Gasteiger partial charge in [0.1, 0.15) is 0 Å². The van der Waals surface area contributed by atoms with E-state index in [2.05, 4.69) is 10.6 Å². The van der Waals surface area contributed by atoms with E-state index in [-0.39, 0.29) is 18.1 Å². The minimum absolute atomic E-state index is 0.0211. The van der Waals surface area contributed by atoms with Crippen LogP contribution in [0.1, 0.15) is 18.4 Å². The van der Waals surface area contributed by atoms with Gasteiger partial charge in [-0.05, 0) is 36.8 Å². The number of halogens is 3. The number of amides is 2. The number of hydrogen-bond acceptors (Lipinski definition) is 5. The van der Waals surface area contributed by atoms with Gasteiger partial charge in [-0.15, -0.1) is 0 Å². The summed E-state index contributed by atoms with van der Waals surface area (Å²) in [6.45, 7) is 2.39. The number of carbonyl (C=O) groups excluding carboxylic acids is 2. The van der Waals surface area contributed by atoms with Crippen LogP contribution in [0.2, 0.25) is 0 Å². The smallest absolute Gasteiger partial charge is 0.378 e. The van der Waals surface area contributed by atoms with E-state index in [0.717, 1.165) is 18.6 Å². The molecule has 2 aliphatic rings. The monoisotopic (exact) mass is 462 g/mol. The second-order valence-corrected chi connectivity index (χ2v) is 7.90. The number of alkyl halides is 3. The van der Waals surface area contributed by atoms with E-state index < -0.39 is 17.6 Å². The van der Waals surface area contributed by atoms with E-state index in [4.69, 9.17) is 4.74 Å². The number of nitrogens with zero attached hydrogens (tertiary/aromatic N) is 2. The Balaban J connectivity index is 1.50. The molecule has 2 aliphatic heterocycles. The summed E-state index contributed by atoms with van der Waals surface area (Å²) in [5.74, 6) is -0.473. The van der Waals surface area contributed by atoms with Crippen LogP contribution in [0.4, 0.5) is 35.9 Å². The highest BCUT2D eigenvalue weighted by Gasteiger charge is 2.32. The number of hydrogen-bond donors (Lipinski definition) is 2. The first-order valence-electron chi connectivity index (χ1n) is 10.8. The molecule has 0 aromatic heterocycles. The standard InChI is InChI=1S/C23H25F3N4O3/c24-23(25,26)16-7-8-19(29-10-12-33-13-11-29)18(14-16)28-21(31)15-27-17-4-1-2-5-20(17)30-9-3-6-22(30)32/h1-2,4-5,7-8,14,27H,3,6,9-13,15H2,(H,28,31). The maximum absolute atomic E-state index is 13.3. The van der Waals surface area contributed by atoms with Crippen molar-refractivity contribution >= 4 is 34.6 Å². The molecular formula is C23H25F3N4O3. The molecule has 2 N–H and O–H groups in total. The molecule has 2 aromatic rings. The van der Waals surface area contributed by atoms with Gasteiger partial charge < -0.3 is 25.2 Å². The number of nitrogens with one attached hydrogen (secondary N) is 2. The van der Waals surface area contributed by atoms with Crippen molar-refractivity contribution in [3.63, 3.8) is 0 Å². The van der Waals surface area contributed by atoms with Crippen molar-refractivity contribution in [1.82, 2.24) is 0 Å². The highest BCUT2D eigenvalue weighted by atomic mass is 19.4. The summed E-state index contributed by atoms with van der Waals surface area (Å²) in [4.78, 5) is 28.4. The lowest BCUT2D eigenvalue weighted by molar-refractivity contribution is -0.137. The van der Waals surface area contributed by atoms with E-state index >= 15 is 0 Å². The topological polar surface area (TPSA) is 73.9 Å². The number of morpholine rings is 1. The Kier molecular flexibility index (Phi) is 6.73. The Hall–Kier alpha value is -3.27. The number of para-hydroxylation sites is 2. The van der Waals surface area contributed by atoms with Gasteiger partial charge in [-0.25, -0.2) is 0 Å². The third kappa shape index (κ3) is 5.39. The second-order valence-electron chi connectivity index (χ2n) is 7.90. The van der Waals surface area contributed by atoms with Crippen LogP contribution in [0.15, 0.2) is 42.5 Å². The van der Waals surface area contributed by atoms with Gasteiger partial charge in [0.25, 0.3) is 0 Å². The first-order valence-corrected chi connectivity index (χ1v) is 10.8. The maximum atomic E-state index is 13.3. The number of benzene rings is 2. The SMILES string of the molecule is O=C(CNc1ccccc1N1CCCC1=O)Nc1cc(C(F)(F)F)ccc1N1CCOCC1. The predicted molar refractivity (Wildman–Crippen MR) is 120 cm³/mol. The zero-order valence-corrected chi connectivity index (χ0v) is 18.0. The van der Waals surface area contributed by atoms with Crippen molar-refractivity contribution in [2.45, 2.75) is 19.0 Å². The van der Waals surface area contributed by atoms with Crippen LogP contribution in [0.3, 0.4) is 0 Å². The minimum atomic E-state index is -4.53. The van der Waals surface area contributed by atoms with Gasteiger partial charge in [0, 0.05) is 26.1 Å². The van der Waals surface area contributed by atoms with Crippen molar-refractivity contribution in [2.24, 2.45) is 0 Å². The summed E-state index contributed by atoms with van der Waals surface area (Å²) in [5.41, 5.74) is 1.08. The lowest BCUT2D eigenvalue weighted by atomic mass is 10.1. The number of carbonyl (C=O) groups is 2. The molecule has 0 bridgehead atoms. The lowest BCUT2D eigenvalue weighted by Crippen LogP contribution is -2.37. The summed E-state index contributed by atoms with van der Waals surface area (Å²) in [5, 5.41) is 5.64. The average Bonchev–Trinajstić information content (AvgIpc) is 3.23. The van der Waals surface area contributed by atoms with Gasteiger partial charge in [0.2, 0.25) is 11.8 Å². The summed E-state index contributed by atoms with van der Waals surface area (Å²) in [7, 11) is 0. The van der Waals surface area contributed by atoms with Crippen molar-refractivity contribution in [3.05, 3.63) is 48.0 Å². The number of ether oxygens (including phenoxy) is 1. The molecule has 0 saturated carbocycles. The van der Waals surface area contributed by atoms with Crippen LogP contribution in [-0.2, 0) is 20.5 Å². The normalized spacial score (nSPS) is 16.8. The van der Waals surface area contributed by atoms with Crippen LogP contribution in [0.5, 0.6) is 0 Å². The molecule has 0 radical (unpaired) electrons. The van der Waals surface area contributed by atoms with Crippen molar-refractivity contribution in [2.75, 3.05) is 59.8 Å². The van der Waals surface area contributed by atoms with Crippen LogP contribution < -0.4 is 20.4 Å². The zero-order valence-electron chi connectivity index (χ0n) is 18.0. The van der Waals surface area contributed by atoms with Crippen LogP contribution >= 0.6 is 0 Å². The van der Waals surface area contributed by atoms with Crippen molar-refractivity contribution in [3.8, 4) is 0 Å². The largest absolute Gasteiger partial charge is 0.416 e. The fourth-order valence-corrected chi connectivity index (χ4v) is 4.02. The average molecular weight is 462 g/mol. The molecule has 176 valence electrons. The molecule has 10 heteroatoms. The molecule has 7 nitrogen and oxygen atoms in total. The molecule has 2 amide bonds. The molecule has 0 atom stereocenters. The molecule has 0 spiro atoms. The first-order chi connectivity index (χ1) is 15.8. The van der Waals surface area contributed by atoms with Gasteiger partial charge >= 0.3 is 6.18 Å². The third-order valence-electron chi connectivity index (χ3n) is 5.66. The Labute approximate surface area is 189 Å². The predicted octanol–water partition coefficient (Wildman–Crippen LogP) is 3.72.